The maximum Gasteiger partial charge on any atom is 0.338 e. The minimum absolute atomic E-state index is 0.136. The van der Waals surface area contributed by atoms with Crippen LogP contribution in [0.1, 0.15) is 10.4 Å². The maximum atomic E-state index is 12.1. The molecular formula is C16H11NO3. The molecule has 2 aromatic heterocycles. The van der Waals surface area contributed by atoms with Gasteiger partial charge in [0.05, 0.1) is 11.1 Å². The lowest BCUT2D eigenvalue weighted by molar-refractivity contribution is 0.0699. The van der Waals surface area contributed by atoms with Crippen LogP contribution in [0.3, 0.4) is 0 Å². The molecule has 0 amide bonds. The summed E-state index contributed by atoms with van der Waals surface area (Å²) in [5, 5.41) is 9.50. The molecule has 0 fully saturated rings. The Kier molecular flexibility index (Phi) is 2.84. The second kappa shape index (κ2) is 4.66. The Hall–Kier alpha value is -2.88. The molecule has 2 heterocycles. The quantitative estimate of drug-likeness (QED) is 0.775. The molecule has 0 aliphatic rings. The van der Waals surface area contributed by atoms with Crippen molar-refractivity contribution in [2.24, 2.45) is 0 Å². The summed E-state index contributed by atoms with van der Waals surface area (Å²) in [7, 11) is 0. The van der Waals surface area contributed by atoms with Crippen molar-refractivity contribution in [2.45, 2.75) is 0 Å². The van der Waals surface area contributed by atoms with E-state index in [1.807, 2.05) is 18.2 Å². The molecule has 0 unspecified atom stereocenters. The molecule has 20 heavy (non-hydrogen) atoms. The van der Waals surface area contributed by atoms with Gasteiger partial charge in [-0.15, -0.1) is 0 Å². The largest absolute Gasteiger partial charge is 0.478 e. The van der Waals surface area contributed by atoms with Crippen LogP contribution < -0.4 is 5.56 Å². The minimum atomic E-state index is -1.05. The van der Waals surface area contributed by atoms with Crippen LogP contribution in [-0.2, 0) is 0 Å². The van der Waals surface area contributed by atoms with Gasteiger partial charge in [-0.3, -0.25) is 9.20 Å². The van der Waals surface area contributed by atoms with E-state index in [0.717, 1.165) is 0 Å². The number of carboxylic acids is 1. The number of hydrogen-bond donors (Lipinski definition) is 1. The van der Waals surface area contributed by atoms with Gasteiger partial charge in [-0.05, 0) is 17.7 Å². The minimum Gasteiger partial charge on any atom is -0.478 e. The normalized spacial score (nSPS) is 10.6. The number of carbonyl (C=O) groups is 1. The van der Waals surface area contributed by atoms with Gasteiger partial charge in [-0.2, -0.15) is 0 Å². The number of hydrogen-bond acceptors (Lipinski definition) is 2. The van der Waals surface area contributed by atoms with E-state index in [1.165, 1.54) is 10.5 Å². The number of fused-ring (bicyclic) bond motifs is 1. The molecule has 1 N–H and O–H groups in total. The van der Waals surface area contributed by atoms with Gasteiger partial charge in [-0.1, -0.05) is 36.4 Å². The highest BCUT2D eigenvalue weighted by atomic mass is 16.4. The number of benzene rings is 1. The smallest absolute Gasteiger partial charge is 0.338 e. The maximum absolute atomic E-state index is 12.1. The molecule has 0 saturated carbocycles. The summed E-state index contributed by atoms with van der Waals surface area (Å²) < 4.78 is 1.34. The van der Waals surface area contributed by atoms with Crippen molar-refractivity contribution in [3.63, 3.8) is 0 Å². The van der Waals surface area contributed by atoms with Crippen LogP contribution in [0, 0.1) is 0 Å². The van der Waals surface area contributed by atoms with Gasteiger partial charge in [0.25, 0.3) is 5.56 Å². The molecule has 3 aromatic rings. The van der Waals surface area contributed by atoms with Crippen LogP contribution in [0.4, 0.5) is 0 Å². The van der Waals surface area contributed by atoms with Crippen LogP contribution in [0.2, 0.25) is 0 Å². The van der Waals surface area contributed by atoms with E-state index < -0.39 is 5.97 Å². The highest BCUT2D eigenvalue weighted by molar-refractivity contribution is 6.02. The van der Waals surface area contributed by atoms with Crippen molar-refractivity contribution in [1.29, 1.82) is 0 Å². The highest BCUT2D eigenvalue weighted by Crippen LogP contribution is 2.25. The van der Waals surface area contributed by atoms with Gasteiger partial charge in [0.2, 0.25) is 0 Å². The first-order valence-corrected chi connectivity index (χ1v) is 6.11. The predicted octanol–water partition coefficient (Wildman–Crippen LogP) is 2.66. The molecule has 0 aliphatic carbocycles. The third-order valence-corrected chi connectivity index (χ3v) is 3.19. The first kappa shape index (κ1) is 12.2. The van der Waals surface area contributed by atoms with E-state index in [9.17, 15) is 14.7 Å². The Balaban J connectivity index is 2.47. The predicted molar refractivity (Wildman–Crippen MR) is 76.1 cm³/mol. The molecule has 3 rings (SSSR count). The van der Waals surface area contributed by atoms with Crippen molar-refractivity contribution in [1.82, 2.24) is 4.40 Å². The topological polar surface area (TPSA) is 58.8 Å². The molecule has 98 valence electrons. The van der Waals surface area contributed by atoms with Crippen molar-refractivity contribution in [3.8, 4) is 11.1 Å². The van der Waals surface area contributed by atoms with Crippen LogP contribution in [0.15, 0.2) is 65.6 Å². The Morgan fingerprint density at radius 2 is 1.70 bits per heavy atom. The van der Waals surface area contributed by atoms with Gasteiger partial charge in [0.1, 0.15) is 0 Å². The molecule has 0 atom stereocenters. The zero-order valence-electron chi connectivity index (χ0n) is 10.5. The summed E-state index contributed by atoms with van der Waals surface area (Å²) in [6.07, 6.45) is 1.57. The van der Waals surface area contributed by atoms with Crippen molar-refractivity contribution in [3.05, 3.63) is 76.7 Å². The van der Waals surface area contributed by atoms with E-state index >= 15 is 0 Å². The lowest BCUT2D eigenvalue weighted by atomic mass is 9.99. The summed E-state index contributed by atoms with van der Waals surface area (Å²) in [5.74, 6) is -1.05. The second-order valence-electron chi connectivity index (χ2n) is 4.40. The average Bonchev–Trinajstić information content (AvgIpc) is 2.47. The molecule has 0 aliphatic heterocycles. The van der Waals surface area contributed by atoms with Crippen LogP contribution in [0.5, 0.6) is 0 Å². The number of pyridine rings is 2. The average molecular weight is 265 g/mol. The lowest BCUT2D eigenvalue weighted by Gasteiger charge is -2.10. The van der Waals surface area contributed by atoms with Crippen LogP contribution >= 0.6 is 0 Å². The Morgan fingerprint density at radius 1 is 1.00 bits per heavy atom. The molecule has 1 aromatic carbocycles. The van der Waals surface area contributed by atoms with Crippen molar-refractivity contribution in [2.75, 3.05) is 0 Å². The molecule has 0 bridgehead atoms. The third-order valence-electron chi connectivity index (χ3n) is 3.19. The standard InChI is InChI=1S/C16H11NO3/c18-14-10-12(11-6-2-1-3-7-11)15(16(19)20)13-8-4-5-9-17(13)14/h1-10H,(H,19,20). The van der Waals surface area contributed by atoms with Crippen LogP contribution in [0.25, 0.3) is 16.6 Å². The van der Waals surface area contributed by atoms with E-state index in [1.54, 1.807) is 36.5 Å². The summed E-state index contributed by atoms with van der Waals surface area (Å²) in [5.41, 5.74) is 1.44. The summed E-state index contributed by atoms with van der Waals surface area (Å²) in [4.78, 5) is 23.7. The highest BCUT2D eigenvalue weighted by Gasteiger charge is 2.17. The first-order chi connectivity index (χ1) is 9.68. The Morgan fingerprint density at radius 3 is 2.40 bits per heavy atom. The molecule has 0 saturated heterocycles. The van der Waals surface area contributed by atoms with Crippen molar-refractivity contribution < 1.29 is 9.90 Å². The summed E-state index contributed by atoms with van der Waals surface area (Å²) in [6, 6.07) is 15.5. The van der Waals surface area contributed by atoms with Gasteiger partial charge in [0.15, 0.2) is 0 Å². The fourth-order valence-corrected chi connectivity index (χ4v) is 2.31. The number of carboxylic acid groups (broad SMARTS) is 1. The molecule has 4 heteroatoms. The van der Waals surface area contributed by atoms with E-state index in [2.05, 4.69) is 0 Å². The van der Waals surface area contributed by atoms with Gasteiger partial charge < -0.3 is 5.11 Å². The van der Waals surface area contributed by atoms with E-state index in [0.29, 0.717) is 16.6 Å². The van der Waals surface area contributed by atoms with Gasteiger partial charge in [-0.25, -0.2) is 4.79 Å². The fraction of sp³-hybridized carbons (Fsp3) is 0. The monoisotopic (exact) mass is 265 g/mol. The summed E-state index contributed by atoms with van der Waals surface area (Å²) in [6.45, 7) is 0. The summed E-state index contributed by atoms with van der Waals surface area (Å²) >= 11 is 0. The number of aromatic carboxylic acids is 1. The lowest BCUT2D eigenvalue weighted by Crippen LogP contribution is -2.16. The number of nitrogens with zero attached hydrogens (tertiary/aromatic N) is 1. The molecular weight excluding hydrogens is 254 g/mol. The van der Waals surface area contributed by atoms with E-state index in [-0.39, 0.29) is 11.1 Å². The molecule has 0 spiro atoms. The fourth-order valence-electron chi connectivity index (χ4n) is 2.31. The van der Waals surface area contributed by atoms with Crippen LogP contribution in [-0.4, -0.2) is 15.5 Å². The van der Waals surface area contributed by atoms with E-state index in [4.69, 9.17) is 0 Å². The molecule has 4 nitrogen and oxygen atoms in total. The van der Waals surface area contributed by atoms with Crippen molar-refractivity contribution >= 4 is 11.5 Å². The zero-order chi connectivity index (χ0) is 14.1. The van der Waals surface area contributed by atoms with Gasteiger partial charge >= 0.3 is 5.97 Å². The van der Waals surface area contributed by atoms with Gasteiger partial charge in [0, 0.05) is 17.8 Å². The number of aromatic nitrogens is 1. The second-order valence-corrected chi connectivity index (χ2v) is 4.40. The number of rotatable bonds is 2. The molecule has 0 radical (unpaired) electrons. The Labute approximate surface area is 114 Å². The SMILES string of the molecule is O=C(O)c1c(-c2ccccc2)cc(=O)n2ccccc12. The Bertz CT molecular complexity index is 850. The first-order valence-electron chi connectivity index (χ1n) is 6.11. The third kappa shape index (κ3) is 1.87. The zero-order valence-corrected chi connectivity index (χ0v) is 10.5.